The van der Waals surface area contributed by atoms with Crippen LogP contribution in [0.15, 0.2) is 40.8 Å². The lowest BCUT2D eigenvalue weighted by Gasteiger charge is -2.24. The van der Waals surface area contributed by atoms with E-state index < -0.39 is 23.2 Å². The van der Waals surface area contributed by atoms with E-state index in [-0.39, 0.29) is 36.1 Å². The number of hydrogen-bond acceptors (Lipinski definition) is 3. The van der Waals surface area contributed by atoms with Gasteiger partial charge in [0.15, 0.2) is 5.76 Å². The number of halogens is 3. The number of alkyl halides is 3. The fourth-order valence-electron chi connectivity index (χ4n) is 2.57. The van der Waals surface area contributed by atoms with Crippen molar-refractivity contribution >= 4 is 11.8 Å². The molecular weight excluding hydrogens is 373 g/mol. The second kappa shape index (κ2) is 8.08. The molecule has 0 spiro atoms. The van der Waals surface area contributed by atoms with E-state index in [0.29, 0.717) is 0 Å². The van der Waals surface area contributed by atoms with Crippen LogP contribution in [-0.4, -0.2) is 35.3 Å². The molecule has 28 heavy (non-hydrogen) atoms. The third-order valence-electron chi connectivity index (χ3n) is 3.81. The fourth-order valence-corrected chi connectivity index (χ4v) is 2.57. The van der Waals surface area contributed by atoms with Crippen molar-refractivity contribution in [1.29, 1.82) is 0 Å². The quantitative estimate of drug-likeness (QED) is 0.818. The van der Waals surface area contributed by atoms with Gasteiger partial charge in [-0.15, -0.1) is 0 Å². The Morgan fingerprint density at radius 3 is 2.36 bits per heavy atom. The molecule has 1 aromatic heterocycles. The lowest BCUT2D eigenvalue weighted by Crippen LogP contribution is -2.47. The summed E-state index contributed by atoms with van der Waals surface area (Å²) >= 11 is 0. The smallest absolute Gasteiger partial charge is 0.416 e. The SMILES string of the molecule is CCN(CC(=O)NC(C)(C)C)C(=O)c1ccc(-c2cccc(C(F)(F)F)c2)o1. The molecule has 152 valence electrons. The molecule has 0 saturated heterocycles. The number of carbonyl (C=O) groups is 2. The Kier molecular flexibility index (Phi) is 6.21. The van der Waals surface area contributed by atoms with E-state index in [2.05, 4.69) is 5.32 Å². The lowest BCUT2D eigenvalue weighted by atomic mass is 10.1. The largest absolute Gasteiger partial charge is 0.451 e. The van der Waals surface area contributed by atoms with Crippen LogP contribution in [0.1, 0.15) is 43.8 Å². The minimum Gasteiger partial charge on any atom is -0.451 e. The number of nitrogens with one attached hydrogen (secondary N) is 1. The van der Waals surface area contributed by atoms with Crippen molar-refractivity contribution in [2.45, 2.75) is 39.4 Å². The van der Waals surface area contributed by atoms with Crippen LogP contribution in [0.3, 0.4) is 0 Å². The zero-order chi connectivity index (χ0) is 21.1. The van der Waals surface area contributed by atoms with Crippen LogP contribution in [0.2, 0.25) is 0 Å². The van der Waals surface area contributed by atoms with E-state index in [0.717, 1.165) is 12.1 Å². The Morgan fingerprint density at radius 2 is 1.79 bits per heavy atom. The van der Waals surface area contributed by atoms with Crippen LogP contribution in [0.4, 0.5) is 13.2 Å². The lowest BCUT2D eigenvalue weighted by molar-refractivity contribution is -0.137. The molecule has 0 atom stereocenters. The predicted octanol–water partition coefficient (Wildman–Crippen LogP) is 4.34. The molecule has 1 aromatic carbocycles. The maximum absolute atomic E-state index is 12.9. The highest BCUT2D eigenvalue weighted by molar-refractivity contribution is 5.94. The highest BCUT2D eigenvalue weighted by Crippen LogP contribution is 2.32. The van der Waals surface area contributed by atoms with Crippen LogP contribution in [-0.2, 0) is 11.0 Å². The van der Waals surface area contributed by atoms with Crippen LogP contribution < -0.4 is 5.32 Å². The van der Waals surface area contributed by atoms with E-state index in [4.69, 9.17) is 4.42 Å². The number of rotatable bonds is 5. The predicted molar refractivity (Wildman–Crippen MR) is 98.6 cm³/mol. The fraction of sp³-hybridized carbons (Fsp3) is 0.400. The van der Waals surface area contributed by atoms with Gasteiger partial charge in [-0.05, 0) is 52.0 Å². The van der Waals surface area contributed by atoms with Gasteiger partial charge < -0.3 is 14.6 Å². The number of nitrogens with zero attached hydrogens (tertiary/aromatic N) is 1. The van der Waals surface area contributed by atoms with Crippen LogP contribution >= 0.6 is 0 Å². The normalized spacial score (nSPS) is 12.0. The maximum Gasteiger partial charge on any atom is 0.416 e. The second-order valence-corrected chi connectivity index (χ2v) is 7.36. The molecule has 0 unspecified atom stereocenters. The summed E-state index contributed by atoms with van der Waals surface area (Å²) in [6, 6.07) is 7.49. The summed E-state index contributed by atoms with van der Waals surface area (Å²) in [7, 11) is 0. The van der Waals surface area contributed by atoms with Crippen LogP contribution in [0.25, 0.3) is 11.3 Å². The van der Waals surface area contributed by atoms with Gasteiger partial charge in [0.1, 0.15) is 5.76 Å². The van der Waals surface area contributed by atoms with Gasteiger partial charge >= 0.3 is 6.18 Å². The summed E-state index contributed by atoms with van der Waals surface area (Å²) in [6.07, 6.45) is -4.47. The Labute approximate surface area is 161 Å². The summed E-state index contributed by atoms with van der Waals surface area (Å²) in [5, 5.41) is 2.77. The molecule has 1 N–H and O–H groups in total. The van der Waals surface area contributed by atoms with Crippen molar-refractivity contribution in [2.24, 2.45) is 0 Å². The molecule has 0 saturated carbocycles. The first-order valence-corrected chi connectivity index (χ1v) is 8.78. The first-order chi connectivity index (χ1) is 12.9. The van der Waals surface area contributed by atoms with E-state index in [1.165, 1.54) is 29.2 Å². The van der Waals surface area contributed by atoms with Crippen molar-refractivity contribution in [2.75, 3.05) is 13.1 Å². The number of benzene rings is 1. The molecule has 0 aliphatic carbocycles. The minimum absolute atomic E-state index is 0.0437. The Hall–Kier alpha value is -2.77. The minimum atomic E-state index is -4.47. The topological polar surface area (TPSA) is 62.6 Å². The van der Waals surface area contributed by atoms with E-state index >= 15 is 0 Å². The van der Waals surface area contributed by atoms with Crippen LogP contribution in [0.5, 0.6) is 0 Å². The average molecular weight is 396 g/mol. The van der Waals surface area contributed by atoms with Gasteiger partial charge in [0.05, 0.1) is 12.1 Å². The molecule has 2 aromatic rings. The molecule has 2 rings (SSSR count). The highest BCUT2D eigenvalue weighted by Gasteiger charge is 2.31. The number of hydrogen-bond donors (Lipinski definition) is 1. The summed E-state index contributed by atoms with van der Waals surface area (Å²) < 4.78 is 44.1. The molecule has 8 heteroatoms. The second-order valence-electron chi connectivity index (χ2n) is 7.36. The zero-order valence-corrected chi connectivity index (χ0v) is 16.2. The van der Waals surface area contributed by atoms with Gasteiger partial charge in [-0.1, -0.05) is 12.1 Å². The summed E-state index contributed by atoms with van der Waals surface area (Å²) in [4.78, 5) is 26.0. The third kappa shape index (κ3) is 5.61. The molecule has 1 heterocycles. The summed E-state index contributed by atoms with van der Waals surface area (Å²) in [5.41, 5.74) is -1.02. The molecule has 0 aliphatic rings. The number of amides is 2. The number of likely N-dealkylation sites (N-methyl/N-ethyl adjacent to an activating group) is 1. The molecule has 0 aliphatic heterocycles. The standard InChI is InChI=1S/C20H23F3N2O3/c1-5-25(12-17(26)24-19(2,3)4)18(27)16-10-9-15(28-16)13-7-6-8-14(11-13)20(21,22)23/h6-11H,5,12H2,1-4H3,(H,24,26). The average Bonchev–Trinajstić information content (AvgIpc) is 3.07. The van der Waals surface area contributed by atoms with Crippen molar-refractivity contribution in [3.8, 4) is 11.3 Å². The third-order valence-corrected chi connectivity index (χ3v) is 3.81. The van der Waals surface area contributed by atoms with Crippen molar-refractivity contribution in [3.05, 3.63) is 47.7 Å². The van der Waals surface area contributed by atoms with Gasteiger partial charge in [-0.2, -0.15) is 13.2 Å². The Morgan fingerprint density at radius 1 is 1.11 bits per heavy atom. The number of furan rings is 1. The molecule has 5 nitrogen and oxygen atoms in total. The van der Waals surface area contributed by atoms with Gasteiger partial charge in [0.25, 0.3) is 5.91 Å². The van der Waals surface area contributed by atoms with Gasteiger partial charge in [-0.25, -0.2) is 0 Å². The van der Waals surface area contributed by atoms with Gasteiger partial charge in [0.2, 0.25) is 5.91 Å². The Bertz CT molecular complexity index is 851. The van der Waals surface area contributed by atoms with Gasteiger partial charge in [0, 0.05) is 17.6 Å². The molecule has 0 fully saturated rings. The van der Waals surface area contributed by atoms with E-state index in [9.17, 15) is 22.8 Å². The van der Waals surface area contributed by atoms with Crippen molar-refractivity contribution in [3.63, 3.8) is 0 Å². The van der Waals surface area contributed by atoms with E-state index in [1.807, 2.05) is 20.8 Å². The summed E-state index contributed by atoms with van der Waals surface area (Å²) in [6.45, 7) is 7.34. The molecular formula is C20H23F3N2O3. The first kappa shape index (κ1) is 21.5. The van der Waals surface area contributed by atoms with Crippen LogP contribution in [0, 0.1) is 0 Å². The number of carbonyl (C=O) groups excluding carboxylic acids is 2. The Balaban J connectivity index is 2.18. The maximum atomic E-state index is 12.9. The molecule has 0 radical (unpaired) electrons. The zero-order valence-electron chi connectivity index (χ0n) is 16.2. The van der Waals surface area contributed by atoms with Gasteiger partial charge in [-0.3, -0.25) is 9.59 Å². The highest BCUT2D eigenvalue weighted by atomic mass is 19.4. The van der Waals surface area contributed by atoms with Crippen molar-refractivity contribution < 1.29 is 27.2 Å². The van der Waals surface area contributed by atoms with Crippen molar-refractivity contribution in [1.82, 2.24) is 10.2 Å². The monoisotopic (exact) mass is 396 g/mol. The van der Waals surface area contributed by atoms with E-state index in [1.54, 1.807) is 6.92 Å². The molecule has 2 amide bonds. The molecule has 0 bridgehead atoms. The first-order valence-electron chi connectivity index (χ1n) is 8.78. The summed E-state index contributed by atoms with van der Waals surface area (Å²) in [5.74, 6) is -0.723.